The summed E-state index contributed by atoms with van der Waals surface area (Å²) in [6, 6.07) is 14.2. The van der Waals surface area contributed by atoms with Crippen LogP contribution in [-0.2, 0) is 0 Å². The maximum Gasteiger partial charge on any atom is 0.272 e. The van der Waals surface area contributed by atoms with Crippen LogP contribution in [0.5, 0.6) is 0 Å². The summed E-state index contributed by atoms with van der Waals surface area (Å²) in [6.45, 7) is 9.24. The van der Waals surface area contributed by atoms with Crippen LogP contribution in [0.2, 0.25) is 0 Å². The number of rotatable bonds is 5. The zero-order chi connectivity index (χ0) is 17.6. The zero-order valence-corrected chi connectivity index (χ0v) is 15.1. The van der Waals surface area contributed by atoms with Gasteiger partial charge in [-0.1, -0.05) is 18.2 Å². The van der Waals surface area contributed by atoms with Gasteiger partial charge in [0.1, 0.15) is 5.69 Å². The molecule has 0 spiro atoms. The molecule has 0 bridgehead atoms. The first-order valence-corrected chi connectivity index (χ1v) is 9.03. The van der Waals surface area contributed by atoms with E-state index in [0.29, 0.717) is 5.69 Å². The van der Waals surface area contributed by atoms with Crippen molar-refractivity contribution in [3.8, 4) is 0 Å². The molecule has 5 nitrogen and oxygen atoms in total. The third-order valence-electron chi connectivity index (χ3n) is 4.78. The summed E-state index contributed by atoms with van der Waals surface area (Å²) < 4.78 is 0. The van der Waals surface area contributed by atoms with Gasteiger partial charge >= 0.3 is 0 Å². The molecule has 1 amide bonds. The molecule has 25 heavy (non-hydrogen) atoms. The Labute approximate surface area is 149 Å². The Morgan fingerprint density at radius 2 is 1.72 bits per heavy atom. The van der Waals surface area contributed by atoms with Crippen LogP contribution < -0.4 is 9.80 Å². The number of para-hydroxylation sites is 1. The number of carbonyl (C=O) groups excluding carboxylic acids is 1. The lowest BCUT2D eigenvalue weighted by Gasteiger charge is -2.36. The number of nitrogens with zero attached hydrogens (tertiary/aromatic N) is 4. The summed E-state index contributed by atoms with van der Waals surface area (Å²) in [5, 5.41) is 0. The molecule has 0 aliphatic carbocycles. The van der Waals surface area contributed by atoms with Gasteiger partial charge in [-0.3, -0.25) is 9.78 Å². The molecular weight excluding hydrogens is 312 g/mol. The Hall–Kier alpha value is -2.56. The largest absolute Gasteiger partial charge is 0.372 e. The lowest BCUT2D eigenvalue weighted by molar-refractivity contribution is 0.0741. The van der Waals surface area contributed by atoms with E-state index in [4.69, 9.17) is 0 Å². The van der Waals surface area contributed by atoms with E-state index >= 15 is 0 Å². The van der Waals surface area contributed by atoms with Crippen LogP contribution in [0.15, 0.2) is 48.7 Å². The Bertz CT molecular complexity index is 692. The summed E-state index contributed by atoms with van der Waals surface area (Å²) in [7, 11) is 0. The highest BCUT2D eigenvalue weighted by Gasteiger charge is 2.23. The predicted octanol–water partition coefficient (Wildman–Crippen LogP) is 2.89. The van der Waals surface area contributed by atoms with E-state index in [2.05, 4.69) is 52.9 Å². The number of anilines is 2. The normalized spacial score (nSPS) is 14.5. The van der Waals surface area contributed by atoms with Crippen LogP contribution in [0, 0.1) is 0 Å². The van der Waals surface area contributed by atoms with Crippen molar-refractivity contribution in [3.63, 3.8) is 0 Å². The molecule has 2 aromatic rings. The highest BCUT2D eigenvalue weighted by atomic mass is 16.2. The van der Waals surface area contributed by atoms with Crippen LogP contribution in [0.4, 0.5) is 11.4 Å². The van der Waals surface area contributed by atoms with E-state index in [-0.39, 0.29) is 5.91 Å². The number of hydrogen-bond acceptors (Lipinski definition) is 4. The number of amides is 1. The number of pyridine rings is 1. The van der Waals surface area contributed by atoms with Crippen molar-refractivity contribution in [2.75, 3.05) is 49.1 Å². The maximum absolute atomic E-state index is 12.8. The summed E-state index contributed by atoms with van der Waals surface area (Å²) in [5.74, 6) is 0.0294. The van der Waals surface area contributed by atoms with Crippen LogP contribution >= 0.6 is 0 Å². The van der Waals surface area contributed by atoms with Gasteiger partial charge in [0, 0.05) is 56.8 Å². The Morgan fingerprint density at radius 1 is 1.04 bits per heavy atom. The van der Waals surface area contributed by atoms with Gasteiger partial charge in [-0.2, -0.15) is 0 Å². The minimum Gasteiger partial charge on any atom is -0.372 e. The number of benzene rings is 1. The predicted molar refractivity (Wildman–Crippen MR) is 102 cm³/mol. The summed E-state index contributed by atoms with van der Waals surface area (Å²) >= 11 is 0. The molecule has 1 saturated heterocycles. The molecule has 2 heterocycles. The number of hydrogen-bond donors (Lipinski definition) is 0. The van der Waals surface area contributed by atoms with Crippen molar-refractivity contribution in [1.29, 1.82) is 0 Å². The number of carbonyl (C=O) groups is 1. The second kappa shape index (κ2) is 8.01. The van der Waals surface area contributed by atoms with E-state index in [9.17, 15) is 4.79 Å². The minimum absolute atomic E-state index is 0.0294. The summed E-state index contributed by atoms with van der Waals surface area (Å²) in [5.41, 5.74) is 2.82. The quantitative estimate of drug-likeness (QED) is 0.840. The highest BCUT2D eigenvalue weighted by molar-refractivity contribution is 5.93. The molecule has 1 aromatic heterocycles. The van der Waals surface area contributed by atoms with Gasteiger partial charge in [0.2, 0.25) is 0 Å². The molecule has 0 N–H and O–H groups in total. The van der Waals surface area contributed by atoms with Crippen molar-refractivity contribution in [2.45, 2.75) is 13.8 Å². The van der Waals surface area contributed by atoms with E-state index < -0.39 is 0 Å². The van der Waals surface area contributed by atoms with E-state index in [0.717, 1.165) is 45.0 Å². The first kappa shape index (κ1) is 17.3. The van der Waals surface area contributed by atoms with Crippen molar-refractivity contribution < 1.29 is 4.79 Å². The van der Waals surface area contributed by atoms with Gasteiger partial charge in [-0.15, -0.1) is 0 Å². The fraction of sp³-hybridized carbons (Fsp3) is 0.400. The molecular formula is C20H26N4O. The average Bonchev–Trinajstić information content (AvgIpc) is 2.69. The SMILES string of the molecule is CCN(CC)c1ccnc(C(=O)N2CCN(c3ccccc3)CC2)c1. The van der Waals surface area contributed by atoms with Gasteiger partial charge in [-0.25, -0.2) is 0 Å². The minimum atomic E-state index is 0.0294. The number of piperazine rings is 1. The average molecular weight is 338 g/mol. The Morgan fingerprint density at radius 3 is 2.36 bits per heavy atom. The highest BCUT2D eigenvalue weighted by Crippen LogP contribution is 2.18. The fourth-order valence-electron chi connectivity index (χ4n) is 3.29. The number of aromatic nitrogens is 1. The molecule has 132 valence electrons. The lowest BCUT2D eigenvalue weighted by atomic mass is 10.2. The monoisotopic (exact) mass is 338 g/mol. The molecule has 1 aliphatic heterocycles. The third kappa shape index (κ3) is 3.92. The third-order valence-corrected chi connectivity index (χ3v) is 4.78. The van der Waals surface area contributed by atoms with Crippen molar-refractivity contribution in [3.05, 3.63) is 54.4 Å². The van der Waals surface area contributed by atoms with E-state index in [1.165, 1.54) is 5.69 Å². The first-order chi connectivity index (χ1) is 12.2. The van der Waals surface area contributed by atoms with Gasteiger partial charge in [0.25, 0.3) is 5.91 Å². The van der Waals surface area contributed by atoms with Crippen molar-refractivity contribution in [1.82, 2.24) is 9.88 Å². The summed E-state index contributed by atoms with van der Waals surface area (Å²) in [4.78, 5) is 23.6. The van der Waals surface area contributed by atoms with E-state index in [1.807, 2.05) is 23.1 Å². The van der Waals surface area contributed by atoms with Crippen LogP contribution in [0.3, 0.4) is 0 Å². The Kier molecular flexibility index (Phi) is 5.53. The zero-order valence-electron chi connectivity index (χ0n) is 15.1. The van der Waals surface area contributed by atoms with Crippen LogP contribution in [0.1, 0.15) is 24.3 Å². The molecule has 5 heteroatoms. The molecule has 0 saturated carbocycles. The van der Waals surface area contributed by atoms with Crippen molar-refractivity contribution in [2.24, 2.45) is 0 Å². The fourth-order valence-corrected chi connectivity index (χ4v) is 3.29. The molecule has 0 atom stereocenters. The van der Waals surface area contributed by atoms with Gasteiger partial charge < -0.3 is 14.7 Å². The van der Waals surface area contributed by atoms with E-state index in [1.54, 1.807) is 6.20 Å². The first-order valence-electron chi connectivity index (χ1n) is 9.03. The molecule has 1 fully saturated rings. The maximum atomic E-state index is 12.8. The Balaban J connectivity index is 1.66. The van der Waals surface area contributed by atoms with Gasteiger partial charge in [0.15, 0.2) is 0 Å². The molecule has 1 aromatic carbocycles. The molecule has 1 aliphatic rings. The van der Waals surface area contributed by atoms with Crippen LogP contribution in [-0.4, -0.2) is 55.1 Å². The lowest BCUT2D eigenvalue weighted by Crippen LogP contribution is -2.49. The second-order valence-electron chi connectivity index (χ2n) is 6.19. The summed E-state index contributed by atoms with van der Waals surface area (Å²) in [6.07, 6.45) is 1.74. The smallest absolute Gasteiger partial charge is 0.272 e. The van der Waals surface area contributed by atoms with Crippen LogP contribution in [0.25, 0.3) is 0 Å². The van der Waals surface area contributed by atoms with Crippen molar-refractivity contribution >= 4 is 17.3 Å². The standard InChI is InChI=1S/C20H26N4O/c1-3-22(4-2)18-10-11-21-19(16-18)20(25)24-14-12-23(13-15-24)17-8-6-5-7-9-17/h5-11,16H,3-4,12-15H2,1-2H3. The van der Waals surface area contributed by atoms with Gasteiger partial charge in [0.05, 0.1) is 0 Å². The molecule has 0 unspecified atom stereocenters. The molecule has 3 rings (SSSR count). The molecule has 0 radical (unpaired) electrons. The second-order valence-corrected chi connectivity index (χ2v) is 6.19. The van der Waals surface area contributed by atoms with Gasteiger partial charge in [-0.05, 0) is 38.1 Å². The topological polar surface area (TPSA) is 39.7 Å².